The number of hydrogen-bond acceptors (Lipinski definition) is 4. The summed E-state index contributed by atoms with van der Waals surface area (Å²) < 4.78 is 65.2. The van der Waals surface area contributed by atoms with Gasteiger partial charge in [-0.3, -0.25) is 9.69 Å². The molecule has 1 heterocycles. The van der Waals surface area contributed by atoms with Crippen LogP contribution in [-0.2, 0) is 11.4 Å². The van der Waals surface area contributed by atoms with Gasteiger partial charge in [0.05, 0.1) is 12.8 Å². The first-order valence-electron chi connectivity index (χ1n) is 10.3. The van der Waals surface area contributed by atoms with Gasteiger partial charge in [-0.1, -0.05) is 18.2 Å². The van der Waals surface area contributed by atoms with Crippen molar-refractivity contribution in [1.82, 2.24) is 5.32 Å². The zero-order valence-corrected chi connectivity index (χ0v) is 19.3. The van der Waals surface area contributed by atoms with Crippen molar-refractivity contribution < 1.29 is 31.8 Å². The van der Waals surface area contributed by atoms with Crippen LogP contribution in [0.1, 0.15) is 16.7 Å². The molecular formula is C25H18F4N2O3S. The van der Waals surface area contributed by atoms with Crippen LogP contribution in [0.3, 0.4) is 0 Å². The molecule has 1 aliphatic rings. The Kier molecular flexibility index (Phi) is 6.74. The molecule has 5 nitrogen and oxygen atoms in total. The molecule has 3 aromatic rings. The smallest absolute Gasteiger partial charge is 0.281 e. The summed E-state index contributed by atoms with van der Waals surface area (Å²) in [6.07, 6.45) is 1.54. The number of nitrogens with zero attached hydrogens (tertiary/aromatic N) is 1. The number of hydrogen-bond donors (Lipinski definition) is 1. The highest BCUT2D eigenvalue weighted by Crippen LogP contribution is 2.30. The SMILES string of the molecule is COc1ccc(/C=C2/NC(=S)N(c3cccc(C)c3)C2=O)cc1COc1c(F)c(F)cc(F)c1F. The molecular weight excluding hydrogens is 484 g/mol. The van der Waals surface area contributed by atoms with E-state index in [0.717, 1.165) is 5.56 Å². The molecule has 3 aromatic carbocycles. The average Bonchev–Trinajstić information content (AvgIpc) is 3.10. The molecule has 4 rings (SSSR count). The molecule has 1 fully saturated rings. The van der Waals surface area contributed by atoms with Gasteiger partial charge in [0.1, 0.15) is 18.1 Å². The first-order chi connectivity index (χ1) is 16.7. The fraction of sp³-hybridized carbons (Fsp3) is 0.120. The fourth-order valence-corrected chi connectivity index (χ4v) is 3.83. The van der Waals surface area contributed by atoms with Gasteiger partial charge in [-0.15, -0.1) is 0 Å². The van der Waals surface area contributed by atoms with Crippen LogP contribution >= 0.6 is 12.2 Å². The number of rotatable bonds is 6. The molecule has 0 saturated carbocycles. The van der Waals surface area contributed by atoms with Gasteiger partial charge < -0.3 is 14.8 Å². The Morgan fingerprint density at radius 2 is 1.74 bits per heavy atom. The van der Waals surface area contributed by atoms with Crippen molar-refractivity contribution in [1.29, 1.82) is 0 Å². The first kappa shape index (κ1) is 24.2. The van der Waals surface area contributed by atoms with E-state index in [2.05, 4.69) is 5.32 Å². The normalized spacial score (nSPS) is 14.5. The summed E-state index contributed by atoms with van der Waals surface area (Å²) in [5, 5.41) is 3.09. The maximum Gasteiger partial charge on any atom is 0.281 e. The largest absolute Gasteiger partial charge is 0.496 e. The van der Waals surface area contributed by atoms with Gasteiger partial charge in [0, 0.05) is 11.6 Å². The number of carbonyl (C=O) groups is 1. The second-order valence-corrected chi connectivity index (χ2v) is 8.01. The highest BCUT2D eigenvalue weighted by molar-refractivity contribution is 7.80. The molecule has 0 unspecified atom stereocenters. The number of aryl methyl sites for hydroxylation is 1. The van der Waals surface area contributed by atoms with Crippen LogP contribution in [0.15, 0.2) is 54.2 Å². The maximum absolute atomic E-state index is 13.9. The summed E-state index contributed by atoms with van der Waals surface area (Å²) in [5.41, 5.74) is 2.61. The number of halogens is 4. The van der Waals surface area contributed by atoms with Gasteiger partial charge >= 0.3 is 0 Å². The summed E-state index contributed by atoms with van der Waals surface area (Å²) >= 11 is 5.32. The van der Waals surface area contributed by atoms with E-state index in [-0.39, 0.29) is 22.8 Å². The number of thiocarbonyl (C=S) groups is 1. The summed E-state index contributed by atoms with van der Waals surface area (Å²) in [5.74, 6) is -7.70. The summed E-state index contributed by atoms with van der Waals surface area (Å²) in [7, 11) is 1.38. The maximum atomic E-state index is 13.9. The first-order valence-corrected chi connectivity index (χ1v) is 10.7. The van der Waals surface area contributed by atoms with E-state index in [1.54, 1.807) is 24.3 Å². The molecule has 0 aliphatic carbocycles. The van der Waals surface area contributed by atoms with Crippen molar-refractivity contribution in [2.75, 3.05) is 12.0 Å². The van der Waals surface area contributed by atoms with E-state index in [9.17, 15) is 22.4 Å². The molecule has 35 heavy (non-hydrogen) atoms. The highest BCUT2D eigenvalue weighted by atomic mass is 32.1. The third kappa shape index (κ3) is 4.83. The van der Waals surface area contributed by atoms with Gasteiger partial charge in [-0.2, -0.15) is 8.78 Å². The molecule has 180 valence electrons. The number of anilines is 1. The zero-order chi connectivity index (χ0) is 25.3. The number of amides is 1. The van der Waals surface area contributed by atoms with Crippen LogP contribution in [0.5, 0.6) is 11.5 Å². The standard InChI is InChI=1S/C25H18F4N2O3S/c1-13-4-3-5-16(8-13)31-24(32)19(30-25(31)35)10-14-6-7-20(33-2)15(9-14)12-34-23-21(28)17(26)11-18(27)22(23)29/h3-11H,12H2,1-2H3,(H,30,35)/b19-10+. The number of methoxy groups -OCH3 is 1. The van der Waals surface area contributed by atoms with Gasteiger partial charge in [0.25, 0.3) is 5.91 Å². The number of carbonyl (C=O) groups excluding carboxylic acids is 1. The minimum atomic E-state index is -1.65. The molecule has 1 amide bonds. The van der Waals surface area contributed by atoms with Crippen LogP contribution in [0, 0.1) is 30.2 Å². The minimum absolute atomic E-state index is 0.0982. The van der Waals surface area contributed by atoms with E-state index in [4.69, 9.17) is 21.7 Å². The Labute approximate surface area is 203 Å². The van der Waals surface area contributed by atoms with Gasteiger partial charge in [0.15, 0.2) is 22.5 Å². The van der Waals surface area contributed by atoms with Crippen molar-refractivity contribution >= 4 is 35.0 Å². The number of ether oxygens (including phenoxy) is 2. The quantitative estimate of drug-likeness (QED) is 0.212. The monoisotopic (exact) mass is 502 g/mol. The lowest BCUT2D eigenvalue weighted by molar-refractivity contribution is -0.113. The summed E-state index contributed by atoms with van der Waals surface area (Å²) in [4.78, 5) is 14.4. The molecule has 10 heteroatoms. The lowest BCUT2D eigenvalue weighted by atomic mass is 10.1. The predicted molar refractivity (Wildman–Crippen MR) is 126 cm³/mol. The molecule has 1 N–H and O–H groups in total. The Morgan fingerprint density at radius 1 is 1.03 bits per heavy atom. The van der Waals surface area contributed by atoms with Crippen LogP contribution in [0.2, 0.25) is 0 Å². The lowest BCUT2D eigenvalue weighted by Crippen LogP contribution is -2.30. The Balaban J connectivity index is 1.61. The molecule has 1 aliphatic heterocycles. The molecule has 0 spiro atoms. The summed E-state index contributed by atoms with van der Waals surface area (Å²) in [6, 6.07) is 12.1. The van der Waals surface area contributed by atoms with Gasteiger partial charge in [-0.05, 0) is 60.6 Å². The highest BCUT2D eigenvalue weighted by Gasteiger charge is 2.32. The van der Waals surface area contributed by atoms with Crippen molar-refractivity contribution in [2.24, 2.45) is 0 Å². The van der Waals surface area contributed by atoms with Gasteiger partial charge in [-0.25, -0.2) is 8.78 Å². The number of nitrogens with one attached hydrogen (secondary N) is 1. The van der Waals surface area contributed by atoms with Crippen molar-refractivity contribution in [3.05, 3.63) is 94.2 Å². The molecule has 1 saturated heterocycles. The van der Waals surface area contributed by atoms with Crippen LogP contribution < -0.4 is 19.7 Å². The third-order valence-electron chi connectivity index (χ3n) is 5.20. The van der Waals surface area contributed by atoms with E-state index in [1.165, 1.54) is 18.1 Å². The molecule has 0 atom stereocenters. The van der Waals surface area contributed by atoms with Crippen molar-refractivity contribution in [3.8, 4) is 11.5 Å². The second kappa shape index (κ2) is 9.75. The van der Waals surface area contributed by atoms with E-state index in [1.807, 2.05) is 25.1 Å². The zero-order valence-electron chi connectivity index (χ0n) is 18.5. The van der Waals surface area contributed by atoms with Crippen LogP contribution in [0.4, 0.5) is 23.2 Å². The van der Waals surface area contributed by atoms with E-state index < -0.39 is 35.6 Å². The number of benzene rings is 3. The fourth-order valence-electron chi connectivity index (χ4n) is 3.53. The van der Waals surface area contributed by atoms with E-state index >= 15 is 0 Å². The topological polar surface area (TPSA) is 50.8 Å². The van der Waals surface area contributed by atoms with Gasteiger partial charge in [0.2, 0.25) is 11.6 Å². The lowest BCUT2D eigenvalue weighted by Gasteiger charge is -2.14. The Hall–Kier alpha value is -3.92. The van der Waals surface area contributed by atoms with Crippen LogP contribution in [0.25, 0.3) is 6.08 Å². The minimum Gasteiger partial charge on any atom is -0.496 e. The molecule has 0 aromatic heterocycles. The summed E-state index contributed by atoms with van der Waals surface area (Å²) in [6.45, 7) is 1.43. The molecule has 0 bridgehead atoms. The molecule has 0 radical (unpaired) electrons. The predicted octanol–water partition coefficient (Wildman–Crippen LogP) is 5.40. The Bertz CT molecular complexity index is 1350. The Morgan fingerprint density at radius 3 is 2.40 bits per heavy atom. The van der Waals surface area contributed by atoms with E-state index in [0.29, 0.717) is 22.6 Å². The van der Waals surface area contributed by atoms with Crippen molar-refractivity contribution in [2.45, 2.75) is 13.5 Å². The third-order valence-corrected chi connectivity index (χ3v) is 5.48. The second-order valence-electron chi connectivity index (χ2n) is 7.62. The van der Waals surface area contributed by atoms with Crippen molar-refractivity contribution in [3.63, 3.8) is 0 Å². The van der Waals surface area contributed by atoms with Crippen LogP contribution in [-0.4, -0.2) is 18.1 Å². The average molecular weight is 502 g/mol.